The lowest BCUT2D eigenvalue weighted by Crippen LogP contribution is -1.93. The van der Waals surface area contributed by atoms with Gasteiger partial charge in [0.05, 0.1) is 11.0 Å². The van der Waals surface area contributed by atoms with Gasteiger partial charge >= 0.3 is 0 Å². The monoisotopic (exact) mass is 689 g/mol. The van der Waals surface area contributed by atoms with Crippen molar-refractivity contribution in [1.29, 1.82) is 0 Å². The first-order valence-corrected chi connectivity index (χ1v) is 18.2. The summed E-state index contributed by atoms with van der Waals surface area (Å²) in [5.41, 5.74) is 13.1. The van der Waals surface area contributed by atoms with Crippen molar-refractivity contribution in [2.75, 3.05) is 0 Å². The van der Waals surface area contributed by atoms with Gasteiger partial charge in [-0.3, -0.25) is 0 Å². The second-order valence-corrected chi connectivity index (χ2v) is 13.8. The predicted octanol–water partition coefficient (Wildman–Crippen LogP) is 13.3. The Balaban J connectivity index is 1.01. The Hall–Kier alpha value is -7.30. The second kappa shape index (κ2) is 12.1. The molecule has 0 aliphatic heterocycles. The van der Waals surface area contributed by atoms with Gasteiger partial charge in [-0.25, -0.2) is 9.97 Å². The van der Waals surface area contributed by atoms with Crippen molar-refractivity contribution in [2.24, 2.45) is 0 Å². The average Bonchev–Trinajstić information content (AvgIpc) is 3.79. The number of hydrogen-bond acceptors (Lipinski definition) is 3. The summed E-state index contributed by atoms with van der Waals surface area (Å²) in [6.07, 6.45) is 0. The van der Waals surface area contributed by atoms with Crippen molar-refractivity contribution in [2.45, 2.75) is 0 Å². The van der Waals surface area contributed by atoms with Crippen LogP contribution in [0.2, 0.25) is 0 Å². The molecule has 0 aliphatic rings. The number of hydrogen-bond donors (Lipinski definition) is 0. The van der Waals surface area contributed by atoms with Gasteiger partial charge in [-0.05, 0) is 75.5 Å². The molecule has 0 unspecified atom stereocenters. The van der Waals surface area contributed by atoms with Crippen LogP contribution in [-0.4, -0.2) is 14.5 Å². The van der Waals surface area contributed by atoms with Crippen LogP contribution in [0.25, 0.3) is 105 Å². The molecule has 4 heteroatoms. The molecular weight excluding hydrogens is 659 g/mol. The summed E-state index contributed by atoms with van der Waals surface area (Å²) in [5.74, 6) is 0.673. The molecule has 8 aromatic carbocycles. The zero-order chi connectivity index (χ0) is 35.6. The fourth-order valence-corrected chi connectivity index (χ4v) is 7.94. The molecule has 3 aromatic heterocycles. The Labute approximate surface area is 311 Å². The molecule has 3 heterocycles. The number of para-hydroxylation sites is 2. The summed E-state index contributed by atoms with van der Waals surface area (Å²) >= 11 is 0. The minimum atomic E-state index is 0.673. The van der Waals surface area contributed by atoms with Gasteiger partial charge in [-0.1, -0.05) is 146 Å². The molecule has 0 bridgehead atoms. The van der Waals surface area contributed by atoms with Gasteiger partial charge in [0.15, 0.2) is 11.4 Å². The average molecular weight is 690 g/mol. The third-order valence-electron chi connectivity index (χ3n) is 10.6. The zero-order valence-electron chi connectivity index (χ0n) is 29.1. The van der Waals surface area contributed by atoms with Gasteiger partial charge in [-0.15, -0.1) is 0 Å². The number of benzene rings is 8. The lowest BCUT2D eigenvalue weighted by molar-refractivity contribution is 0.667. The Bertz CT molecular complexity index is 3140. The van der Waals surface area contributed by atoms with Gasteiger partial charge in [0.25, 0.3) is 0 Å². The first-order valence-electron chi connectivity index (χ1n) is 18.2. The topological polar surface area (TPSA) is 43.9 Å². The lowest BCUT2D eigenvalue weighted by Gasteiger charge is -2.10. The molecule has 11 aromatic rings. The van der Waals surface area contributed by atoms with Crippen LogP contribution in [0.4, 0.5) is 0 Å². The third kappa shape index (κ3) is 4.92. The van der Waals surface area contributed by atoms with Crippen LogP contribution >= 0.6 is 0 Å². The van der Waals surface area contributed by atoms with E-state index in [0.717, 1.165) is 55.7 Å². The Kier molecular flexibility index (Phi) is 6.82. The summed E-state index contributed by atoms with van der Waals surface area (Å²) in [6, 6.07) is 66.3. The zero-order valence-corrected chi connectivity index (χ0v) is 29.1. The van der Waals surface area contributed by atoms with Crippen LogP contribution in [0, 0.1) is 0 Å². The van der Waals surface area contributed by atoms with Crippen LogP contribution in [0.5, 0.6) is 0 Å². The summed E-state index contributed by atoms with van der Waals surface area (Å²) in [7, 11) is 0. The molecule has 11 rings (SSSR count). The minimum absolute atomic E-state index is 0.673. The van der Waals surface area contributed by atoms with E-state index in [1.54, 1.807) is 0 Å². The largest absolute Gasteiger partial charge is 0.452 e. The minimum Gasteiger partial charge on any atom is -0.452 e. The number of nitrogens with zero attached hydrogens (tertiary/aromatic N) is 3. The number of rotatable bonds is 5. The number of aromatic nitrogens is 3. The van der Waals surface area contributed by atoms with Crippen molar-refractivity contribution in [3.8, 4) is 50.6 Å². The molecular formula is C50H31N3O. The van der Waals surface area contributed by atoms with Crippen molar-refractivity contribution < 1.29 is 4.42 Å². The molecule has 0 amide bonds. The smallest absolute Gasteiger partial charge is 0.180 e. The first-order chi connectivity index (χ1) is 26.7. The van der Waals surface area contributed by atoms with Crippen LogP contribution in [-0.2, 0) is 0 Å². The second-order valence-electron chi connectivity index (χ2n) is 13.8. The highest BCUT2D eigenvalue weighted by Crippen LogP contribution is 2.39. The fourth-order valence-electron chi connectivity index (χ4n) is 7.94. The first kappa shape index (κ1) is 30.3. The molecule has 4 nitrogen and oxygen atoms in total. The lowest BCUT2D eigenvalue weighted by atomic mass is 10.00. The van der Waals surface area contributed by atoms with E-state index in [-0.39, 0.29) is 0 Å². The third-order valence-corrected chi connectivity index (χ3v) is 10.6. The molecule has 0 spiro atoms. The Morgan fingerprint density at radius 3 is 1.69 bits per heavy atom. The van der Waals surface area contributed by atoms with Crippen LogP contribution in [0.1, 0.15) is 0 Å². The van der Waals surface area contributed by atoms with E-state index >= 15 is 0 Å². The number of furan rings is 1. The highest BCUT2D eigenvalue weighted by molar-refractivity contribution is 6.10. The molecule has 252 valence electrons. The van der Waals surface area contributed by atoms with E-state index in [1.807, 2.05) is 24.3 Å². The van der Waals surface area contributed by atoms with Crippen molar-refractivity contribution in [3.63, 3.8) is 0 Å². The maximum atomic E-state index is 6.69. The molecule has 0 atom stereocenters. The van der Waals surface area contributed by atoms with E-state index in [2.05, 4.69) is 168 Å². The fraction of sp³-hybridized carbons (Fsp3) is 0. The van der Waals surface area contributed by atoms with Crippen LogP contribution in [0.15, 0.2) is 192 Å². The van der Waals surface area contributed by atoms with Crippen LogP contribution in [0.3, 0.4) is 0 Å². The van der Waals surface area contributed by atoms with Gasteiger partial charge < -0.3 is 8.98 Å². The molecule has 0 saturated heterocycles. The van der Waals surface area contributed by atoms with Crippen LogP contribution < -0.4 is 0 Å². The quantitative estimate of drug-likeness (QED) is 0.181. The summed E-state index contributed by atoms with van der Waals surface area (Å²) < 4.78 is 9.06. The normalized spacial score (nSPS) is 11.7. The molecule has 54 heavy (non-hydrogen) atoms. The molecule has 0 N–H and O–H groups in total. The van der Waals surface area contributed by atoms with Gasteiger partial charge in [-0.2, -0.15) is 0 Å². The van der Waals surface area contributed by atoms with E-state index < -0.39 is 0 Å². The number of fused-ring (bicyclic) bond motifs is 7. The maximum absolute atomic E-state index is 6.69. The molecule has 0 saturated carbocycles. The van der Waals surface area contributed by atoms with E-state index in [9.17, 15) is 0 Å². The van der Waals surface area contributed by atoms with Crippen molar-refractivity contribution >= 4 is 54.6 Å². The van der Waals surface area contributed by atoms with Gasteiger partial charge in [0.1, 0.15) is 16.8 Å². The van der Waals surface area contributed by atoms with Crippen molar-refractivity contribution in [3.05, 3.63) is 188 Å². The van der Waals surface area contributed by atoms with E-state index in [1.165, 1.54) is 38.1 Å². The Morgan fingerprint density at radius 1 is 0.389 bits per heavy atom. The van der Waals surface area contributed by atoms with E-state index in [0.29, 0.717) is 11.4 Å². The standard InChI is InChI=1S/C50H31N3O/c1-3-11-32(12-4-1)33-19-21-34(22-20-33)47-49-48(52-50(51-47)35-13-5-2-6-14-35)43-28-26-39(31-46(43)54-49)36-23-24-38-30-40(27-25-37(38)29-36)53-44-17-9-7-15-41(44)42-16-8-10-18-45(42)53/h1-31H. The Morgan fingerprint density at radius 2 is 0.944 bits per heavy atom. The summed E-state index contributed by atoms with van der Waals surface area (Å²) in [6.45, 7) is 0. The van der Waals surface area contributed by atoms with Gasteiger partial charge in [0.2, 0.25) is 0 Å². The highest BCUT2D eigenvalue weighted by atomic mass is 16.3. The molecule has 0 aliphatic carbocycles. The molecule has 0 fully saturated rings. The highest BCUT2D eigenvalue weighted by Gasteiger charge is 2.19. The summed E-state index contributed by atoms with van der Waals surface area (Å²) in [5, 5.41) is 5.86. The summed E-state index contributed by atoms with van der Waals surface area (Å²) in [4.78, 5) is 10.2. The van der Waals surface area contributed by atoms with Gasteiger partial charge in [0, 0.05) is 33.0 Å². The van der Waals surface area contributed by atoms with Crippen molar-refractivity contribution in [1.82, 2.24) is 14.5 Å². The van der Waals surface area contributed by atoms with E-state index in [4.69, 9.17) is 14.4 Å². The predicted molar refractivity (Wildman–Crippen MR) is 223 cm³/mol. The molecule has 0 radical (unpaired) electrons. The SMILES string of the molecule is c1ccc(-c2ccc(-c3nc(-c4ccccc4)nc4c3oc3cc(-c5ccc6cc(-n7c8ccccc8c8ccccc87)ccc6c5)ccc34)cc2)cc1. The maximum Gasteiger partial charge on any atom is 0.180 e.